The summed E-state index contributed by atoms with van der Waals surface area (Å²) in [6.07, 6.45) is 8.55. The summed E-state index contributed by atoms with van der Waals surface area (Å²) in [4.78, 5) is 24.9. The van der Waals surface area contributed by atoms with Crippen LogP contribution in [0.3, 0.4) is 0 Å². The molecule has 0 radical (unpaired) electrons. The summed E-state index contributed by atoms with van der Waals surface area (Å²) in [5, 5.41) is 0.111. The number of nitrogens with zero attached hydrogens (tertiary/aromatic N) is 3. The Balaban J connectivity index is 2.17. The van der Waals surface area contributed by atoms with Crippen molar-refractivity contribution < 1.29 is 13.7 Å². The molecule has 1 aliphatic carbocycles. The summed E-state index contributed by atoms with van der Waals surface area (Å²) >= 11 is 0. The molecule has 1 unspecified atom stereocenters. The monoisotopic (exact) mass is 374 g/mol. The van der Waals surface area contributed by atoms with Crippen molar-refractivity contribution in [2.45, 2.75) is 42.9 Å². The van der Waals surface area contributed by atoms with Crippen LogP contribution in [0.4, 0.5) is 0 Å². The smallest absolute Gasteiger partial charge is 0.267 e. The molecular weight excluding hydrogens is 352 g/mol. The Kier molecular flexibility index (Phi) is 5.73. The second-order valence-electron chi connectivity index (χ2n) is 6.38. The highest BCUT2D eigenvalue weighted by Crippen LogP contribution is 2.39. The Hall–Kier alpha value is -2.19. The first-order valence-corrected chi connectivity index (χ1v) is 10.1. The van der Waals surface area contributed by atoms with E-state index in [1.807, 2.05) is 12.1 Å². The number of amides is 1. The Bertz CT molecular complexity index is 821. The first kappa shape index (κ1) is 18.6. The number of ether oxygens (including phenoxy) is 1. The number of pyridine rings is 1. The number of nitrogens with two attached hydrogens (primary N) is 1. The molecule has 2 N–H and O–H groups in total. The van der Waals surface area contributed by atoms with E-state index in [9.17, 15) is 9.00 Å². The van der Waals surface area contributed by atoms with Gasteiger partial charge in [0.25, 0.3) is 5.91 Å². The second kappa shape index (κ2) is 8.01. The van der Waals surface area contributed by atoms with Crippen LogP contribution in [0.15, 0.2) is 29.7 Å². The van der Waals surface area contributed by atoms with E-state index in [-0.39, 0.29) is 22.9 Å². The number of hydrogen-bond donors (Lipinski definition) is 1. The van der Waals surface area contributed by atoms with E-state index >= 15 is 0 Å². The largest absolute Gasteiger partial charge is 0.381 e. The minimum Gasteiger partial charge on any atom is -0.381 e. The first-order chi connectivity index (χ1) is 12.5. The normalized spacial score (nSPS) is 21.3. The van der Waals surface area contributed by atoms with Gasteiger partial charge < -0.3 is 10.5 Å². The minimum atomic E-state index is -1.43. The van der Waals surface area contributed by atoms with E-state index in [0.717, 1.165) is 36.8 Å². The van der Waals surface area contributed by atoms with E-state index in [4.69, 9.17) is 10.5 Å². The number of aromatic nitrogens is 3. The summed E-state index contributed by atoms with van der Waals surface area (Å²) in [7, 11) is 0.293. The van der Waals surface area contributed by atoms with Crippen LogP contribution in [0.2, 0.25) is 0 Å². The van der Waals surface area contributed by atoms with Crippen LogP contribution < -0.4 is 5.73 Å². The average Bonchev–Trinajstić information content (AvgIpc) is 2.67. The van der Waals surface area contributed by atoms with Crippen LogP contribution in [0.1, 0.15) is 47.7 Å². The van der Waals surface area contributed by atoms with E-state index in [0.29, 0.717) is 5.69 Å². The second-order valence-corrected chi connectivity index (χ2v) is 7.65. The van der Waals surface area contributed by atoms with Crippen molar-refractivity contribution in [1.29, 1.82) is 0 Å². The van der Waals surface area contributed by atoms with E-state index in [2.05, 4.69) is 15.0 Å². The van der Waals surface area contributed by atoms with Crippen molar-refractivity contribution in [2.75, 3.05) is 13.4 Å². The van der Waals surface area contributed by atoms with Crippen LogP contribution in [-0.2, 0) is 15.5 Å². The predicted octanol–water partition coefficient (Wildman–Crippen LogP) is 2.05. The molecule has 1 saturated carbocycles. The van der Waals surface area contributed by atoms with Gasteiger partial charge in [-0.1, -0.05) is 0 Å². The van der Waals surface area contributed by atoms with Crippen molar-refractivity contribution in [3.05, 3.63) is 35.8 Å². The molecule has 7 nitrogen and oxygen atoms in total. The summed E-state index contributed by atoms with van der Waals surface area (Å²) in [6.45, 7) is 0. The number of carbonyl (C=O) groups is 1. The molecule has 0 bridgehead atoms. The van der Waals surface area contributed by atoms with Gasteiger partial charge in [-0.05, 0) is 43.7 Å². The fourth-order valence-electron chi connectivity index (χ4n) is 3.47. The fourth-order valence-corrected chi connectivity index (χ4v) is 3.91. The third-order valence-corrected chi connectivity index (χ3v) is 5.48. The van der Waals surface area contributed by atoms with Crippen LogP contribution in [0, 0.1) is 0 Å². The minimum absolute atomic E-state index is 0.103. The molecule has 1 fully saturated rings. The molecule has 26 heavy (non-hydrogen) atoms. The molecule has 2 aromatic rings. The molecule has 3 rings (SSSR count). The highest BCUT2D eigenvalue weighted by molar-refractivity contribution is 7.84. The quantitative estimate of drug-likeness (QED) is 0.803. The summed E-state index contributed by atoms with van der Waals surface area (Å²) in [5.74, 6) is -0.523. The van der Waals surface area contributed by atoms with Crippen molar-refractivity contribution in [3.63, 3.8) is 0 Å². The molecule has 138 valence electrons. The maximum absolute atomic E-state index is 12.1. The Labute approximate surface area is 154 Å². The zero-order chi connectivity index (χ0) is 18.7. The standard InChI is InChI=1S/C18H22N4O3S/c1-25-13-5-3-11(4-6-13)14-15(12-7-9-20-10-8-12)21-18(26(2)24)22-16(14)17(19)23/h7-11,13H,3-6H2,1-2H3,(H2,19,23). The number of carbonyl (C=O) groups excluding carboxylic acids is 1. The molecule has 0 aliphatic heterocycles. The van der Waals surface area contributed by atoms with E-state index in [1.54, 1.807) is 19.5 Å². The van der Waals surface area contributed by atoms with Crippen LogP contribution >= 0.6 is 0 Å². The maximum atomic E-state index is 12.1. The van der Waals surface area contributed by atoms with E-state index in [1.165, 1.54) is 6.26 Å². The SMILES string of the molecule is COC1CCC(c2c(C(N)=O)nc(S(C)=O)nc2-c2ccncc2)CC1. The molecule has 2 aromatic heterocycles. The van der Waals surface area contributed by atoms with Gasteiger partial charge in [-0.3, -0.25) is 14.0 Å². The van der Waals surface area contributed by atoms with Gasteiger partial charge in [0.05, 0.1) is 22.6 Å². The number of hydrogen-bond acceptors (Lipinski definition) is 6. The highest BCUT2D eigenvalue weighted by Gasteiger charge is 2.30. The molecule has 8 heteroatoms. The number of rotatable bonds is 5. The predicted molar refractivity (Wildman–Crippen MR) is 98.1 cm³/mol. The Morgan fingerprint density at radius 1 is 1.19 bits per heavy atom. The molecule has 1 amide bonds. The lowest BCUT2D eigenvalue weighted by atomic mass is 9.80. The number of methoxy groups -OCH3 is 1. The molecule has 0 aromatic carbocycles. The zero-order valence-electron chi connectivity index (χ0n) is 14.8. The van der Waals surface area contributed by atoms with Crippen LogP contribution in [0.25, 0.3) is 11.3 Å². The van der Waals surface area contributed by atoms with Crippen molar-refractivity contribution in [2.24, 2.45) is 5.73 Å². The van der Waals surface area contributed by atoms with Gasteiger partial charge in [-0.15, -0.1) is 0 Å². The summed E-state index contributed by atoms with van der Waals surface area (Å²) < 4.78 is 17.4. The third kappa shape index (κ3) is 3.81. The van der Waals surface area contributed by atoms with Crippen LogP contribution in [-0.4, -0.2) is 44.5 Å². The molecule has 1 aliphatic rings. The maximum Gasteiger partial charge on any atom is 0.267 e. The molecular formula is C18H22N4O3S. The van der Waals surface area contributed by atoms with Gasteiger partial charge in [-0.25, -0.2) is 9.97 Å². The van der Waals surface area contributed by atoms with Gasteiger partial charge in [-0.2, -0.15) is 0 Å². The zero-order valence-corrected chi connectivity index (χ0v) is 15.7. The van der Waals surface area contributed by atoms with Gasteiger partial charge in [0.15, 0.2) is 0 Å². The van der Waals surface area contributed by atoms with Crippen LogP contribution in [0.5, 0.6) is 0 Å². The van der Waals surface area contributed by atoms with Crippen molar-refractivity contribution in [1.82, 2.24) is 15.0 Å². The lowest BCUT2D eigenvalue weighted by Crippen LogP contribution is -2.25. The fraction of sp³-hybridized carbons (Fsp3) is 0.444. The van der Waals surface area contributed by atoms with Crippen molar-refractivity contribution in [3.8, 4) is 11.3 Å². The van der Waals surface area contributed by atoms with Gasteiger partial charge >= 0.3 is 0 Å². The average molecular weight is 374 g/mol. The highest BCUT2D eigenvalue weighted by atomic mass is 32.2. The molecule has 0 spiro atoms. The summed E-state index contributed by atoms with van der Waals surface area (Å²) in [6, 6.07) is 3.64. The van der Waals surface area contributed by atoms with E-state index < -0.39 is 16.7 Å². The molecule has 0 saturated heterocycles. The lowest BCUT2D eigenvalue weighted by Gasteiger charge is -2.29. The Morgan fingerprint density at radius 3 is 2.38 bits per heavy atom. The van der Waals surface area contributed by atoms with Gasteiger partial charge in [0, 0.05) is 36.9 Å². The summed E-state index contributed by atoms with van der Waals surface area (Å²) in [5.41, 5.74) is 7.95. The van der Waals surface area contributed by atoms with Gasteiger partial charge in [0.2, 0.25) is 5.16 Å². The lowest BCUT2D eigenvalue weighted by molar-refractivity contribution is 0.0657. The molecule has 2 heterocycles. The Morgan fingerprint density at radius 2 is 1.85 bits per heavy atom. The first-order valence-electron chi connectivity index (χ1n) is 8.49. The number of primary amides is 1. The molecule has 1 atom stereocenters. The topological polar surface area (TPSA) is 108 Å². The third-order valence-electron chi connectivity index (χ3n) is 4.79. The van der Waals surface area contributed by atoms with Gasteiger partial charge in [0.1, 0.15) is 5.69 Å². The van der Waals surface area contributed by atoms with Crippen molar-refractivity contribution >= 4 is 16.7 Å².